The Balaban J connectivity index is 2.50. The van der Waals surface area contributed by atoms with Crippen molar-refractivity contribution in [3.63, 3.8) is 0 Å². The average molecular weight is 284 g/mol. The van der Waals surface area contributed by atoms with Crippen LogP contribution in [0.2, 0.25) is 0 Å². The summed E-state index contributed by atoms with van der Waals surface area (Å²) in [6, 6.07) is 1.87. The fraction of sp³-hybridized carbons (Fsp3) is 0.455. The number of amides is 1. The van der Waals surface area contributed by atoms with Gasteiger partial charge >= 0.3 is 0 Å². The van der Waals surface area contributed by atoms with E-state index in [1.807, 2.05) is 26.2 Å². The van der Waals surface area contributed by atoms with E-state index in [4.69, 9.17) is 0 Å². The molecule has 0 bridgehead atoms. The predicted molar refractivity (Wildman–Crippen MR) is 76.2 cm³/mol. The number of hydrogen-bond donors (Lipinski definition) is 1. The Morgan fingerprint density at radius 3 is 3.00 bits per heavy atom. The molecule has 0 saturated heterocycles. The van der Waals surface area contributed by atoms with Crippen LogP contribution in [0.1, 0.15) is 19.0 Å². The number of rotatable bonds is 6. The maximum Gasteiger partial charge on any atom is 0.250 e. The molecule has 1 N–H and O–H groups in total. The molecule has 0 aliphatic carbocycles. The Labute approximate surface area is 115 Å². The molecule has 7 heteroatoms. The standard InChI is InChI=1S/C11H16N4OS2/c1-4-5-12-15-9(16)7-18-10-6-8(2)13-11(14-10)17-3/h5-6H,4,7H2,1-3H3,(H,15,16). The minimum atomic E-state index is -0.133. The summed E-state index contributed by atoms with van der Waals surface area (Å²) in [4.78, 5) is 20.0. The molecule has 0 unspecified atom stereocenters. The lowest BCUT2D eigenvalue weighted by Gasteiger charge is -2.03. The Bertz CT molecular complexity index is 437. The van der Waals surface area contributed by atoms with Crippen molar-refractivity contribution in [2.75, 3.05) is 12.0 Å². The highest BCUT2D eigenvalue weighted by atomic mass is 32.2. The largest absolute Gasteiger partial charge is 0.272 e. The second kappa shape index (κ2) is 8.10. The van der Waals surface area contributed by atoms with Crippen LogP contribution in [0.15, 0.2) is 21.4 Å². The summed E-state index contributed by atoms with van der Waals surface area (Å²) in [7, 11) is 0. The number of hydrogen-bond acceptors (Lipinski definition) is 6. The number of carbonyl (C=O) groups is 1. The Morgan fingerprint density at radius 1 is 1.56 bits per heavy atom. The third kappa shape index (κ3) is 5.50. The summed E-state index contributed by atoms with van der Waals surface area (Å²) < 4.78 is 0. The summed E-state index contributed by atoms with van der Waals surface area (Å²) in [5, 5.41) is 5.31. The van der Waals surface area contributed by atoms with Crippen molar-refractivity contribution >= 4 is 35.6 Å². The fourth-order valence-corrected chi connectivity index (χ4v) is 2.29. The third-order valence-electron chi connectivity index (χ3n) is 1.81. The average Bonchev–Trinajstić information content (AvgIpc) is 2.36. The quantitative estimate of drug-likeness (QED) is 0.285. The summed E-state index contributed by atoms with van der Waals surface area (Å²) in [5.74, 6) is 0.164. The van der Waals surface area contributed by atoms with Crippen molar-refractivity contribution in [2.24, 2.45) is 5.10 Å². The highest BCUT2D eigenvalue weighted by molar-refractivity contribution is 8.00. The molecule has 0 aliphatic heterocycles. The highest BCUT2D eigenvalue weighted by Gasteiger charge is 2.05. The zero-order chi connectivity index (χ0) is 13.4. The molecular formula is C11H16N4OS2. The molecule has 1 rings (SSSR count). The molecule has 1 aromatic heterocycles. The van der Waals surface area contributed by atoms with E-state index >= 15 is 0 Å². The lowest BCUT2D eigenvalue weighted by atomic mass is 10.5. The lowest BCUT2D eigenvalue weighted by molar-refractivity contribution is -0.118. The highest BCUT2D eigenvalue weighted by Crippen LogP contribution is 2.19. The van der Waals surface area contributed by atoms with E-state index < -0.39 is 0 Å². The first-order chi connectivity index (χ1) is 8.65. The zero-order valence-electron chi connectivity index (χ0n) is 10.6. The van der Waals surface area contributed by atoms with Crippen LogP contribution in [0.5, 0.6) is 0 Å². The van der Waals surface area contributed by atoms with Crippen LogP contribution in [-0.2, 0) is 4.79 Å². The van der Waals surface area contributed by atoms with Gasteiger partial charge in [-0.25, -0.2) is 15.4 Å². The number of aromatic nitrogens is 2. The first-order valence-corrected chi connectivity index (χ1v) is 7.69. The molecule has 0 aliphatic rings. The maximum atomic E-state index is 11.4. The number of thioether (sulfide) groups is 2. The molecule has 0 radical (unpaired) electrons. The maximum absolute atomic E-state index is 11.4. The van der Waals surface area contributed by atoms with E-state index in [1.54, 1.807) is 6.21 Å². The molecule has 5 nitrogen and oxygen atoms in total. The number of nitrogens with one attached hydrogen (secondary N) is 1. The first-order valence-electron chi connectivity index (χ1n) is 5.48. The van der Waals surface area contributed by atoms with Crippen LogP contribution >= 0.6 is 23.5 Å². The van der Waals surface area contributed by atoms with Gasteiger partial charge in [-0.2, -0.15) is 5.10 Å². The summed E-state index contributed by atoms with van der Waals surface area (Å²) in [6.45, 7) is 3.87. The number of hydrazone groups is 1. The Kier molecular flexibility index (Phi) is 6.74. The molecule has 0 saturated carbocycles. The molecule has 0 aromatic carbocycles. The van der Waals surface area contributed by atoms with Gasteiger partial charge in [-0.15, -0.1) is 0 Å². The molecule has 1 heterocycles. The second-order valence-corrected chi connectivity index (χ2v) is 5.15. The normalized spacial score (nSPS) is 10.8. The molecule has 1 aromatic rings. The first kappa shape index (κ1) is 15.0. The molecule has 1 amide bonds. The summed E-state index contributed by atoms with van der Waals surface area (Å²) in [5.41, 5.74) is 3.36. The van der Waals surface area contributed by atoms with Crippen LogP contribution in [0.4, 0.5) is 0 Å². The van der Waals surface area contributed by atoms with Gasteiger partial charge in [0.15, 0.2) is 5.16 Å². The van der Waals surface area contributed by atoms with E-state index in [9.17, 15) is 4.79 Å². The second-order valence-electron chi connectivity index (χ2n) is 3.38. The SMILES string of the molecule is CCC=NNC(=O)CSc1cc(C)nc(SC)n1. The zero-order valence-corrected chi connectivity index (χ0v) is 12.3. The van der Waals surface area contributed by atoms with Gasteiger partial charge in [-0.1, -0.05) is 30.4 Å². The Morgan fingerprint density at radius 2 is 2.33 bits per heavy atom. The summed E-state index contributed by atoms with van der Waals surface area (Å²) in [6.07, 6.45) is 4.38. The molecule has 98 valence electrons. The monoisotopic (exact) mass is 284 g/mol. The van der Waals surface area contributed by atoms with Crippen LogP contribution in [-0.4, -0.2) is 34.1 Å². The van der Waals surface area contributed by atoms with Crippen LogP contribution < -0.4 is 5.43 Å². The number of nitrogens with zero attached hydrogens (tertiary/aromatic N) is 3. The topological polar surface area (TPSA) is 67.2 Å². The van der Waals surface area contributed by atoms with Gasteiger partial charge in [0.25, 0.3) is 0 Å². The van der Waals surface area contributed by atoms with Crippen molar-refractivity contribution in [1.29, 1.82) is 0 Å². The van der Waals surface area contributed by atoms with Gasteiger partial charge in [0.05, 0.1) is 5.75 Å². The smallest absolute Gasteiger partial charge is 0.250 e. The van der Waals surface area contributed by atoms with E-state index in [1.165, 1.54) is 23.5 Å². The van der Waals surface area contributed by atoms with Crippen LogP contribution in [0, 0.1) is 6.92 Å². The van der Waals surface area contributed by atoms with E-state index in [2.05, 4.69) is 20.5 Å². The van der Waals surface area contributed by atoms with Crippen LogP contribution in [0.3, 0.4) is 0 Å². The summed E-state index contributed by atoms with van der Waals surface area (Å²) >= 11 is 2.87. The van der Waals surface area contributed by atoms with E-state index in [-0.39, 0.29) is 5.91 Å². The van der Waals surface area contributed by atoms with Crippen molar-refractivity contribution < 1.29 is 4.79 Å². The molecule has 0 atom stereocenters. The van der Waals surface area contributed by atoms with Crippen molar-refractivity contribution in [2.45, 2.75) is 30.5 Å². The minimum absolute atomic E-state index is 0.133. The predicted octanol–water partition coefficient (Wildman–Crippen LogP) is 2.11. The van der Waals surface area contributed by atoms with E-state index in [0.29, 0.717) is 5.75 Å². The van der Waals surface area contributed by atoms with Gasteiger partial charge in [-0.05, 0) is 25.7 Å². The molecule has 18 heavy (non-hydrogen) atoms. The third-order valence-corrected chi connectivity index (χ3v) is 3.27. The van der Waals surface area contributed by atoms with Crippen molar-refractivity contribution in [3.05, 3.63) is 11.8 Å². The van der Waals surface area contributed by atoms with Gasteiger partial charge in [-0.3, -0.25) is 4.79 Å². The Hall–Kier alpha value is -1.08. The van der Waals surface area contributed by atoms with E-state index in [0.717, 1.165) is 22.3 Å². The van der Waals surface area contributed by atoms with Crippen molar-refractivity contribution in [1.82, 2.24) is 15.4 Å². The lowest BCUT2D eigenvalue weighted by Crippen LogP contribution is -2.19. The molecule has 0 spiro atoms. The number of aryl methyl sites for hydroxylation is 1. The van der Waals surface area contributed by atoms with Gasteiger partial charge in [0, 0.05) is 11.9 Å². The van der Waals surface area contributed by atoms with Crippen LogP contribution in [0.25, 0.3) is 0 Å². The van der Waals surface area contributed by atoms with Gasteiger partial charge < -0.3 is 0 Å². The van der Waals surface area contributed by atoms with Gasteiger partial charge in [0.2, 0.25) is 5.91 Å². The van der Waals surface area contributed by atoms with Gasteiger partial charge in [0.1, 0.15) is 5.03 Å². The number of carbonyl (C=O) groups excluding carboxylic acids is 1. The molecule has 0 fully saturated rings. The van der Waals surface area contributed by atoms with Crippen molar-refractivity contribution in [3.8, 4) is 0 Å². The fourth-order valence-electron chi connectivity index (χ4n) is 1.06. The molecular weight excluding hydrogens is 268 g/mol. The minimum Gasteiger partial charge on any atom is -0.272 e.